The molecule has 0 bridgehead atoms. The van der Waals surface area contributed by atoms with Gasteiger partial charge in [0, 0.05) is 29.0 Å². The fraction of sp³-hybridized carbons (Fsp3) is 0.120. The summed E-state index contributed by atoms with van der Waals surface area (Å²) in [5, 5.41) is 3.33. The number of imidazole rings is 1. The van der Waals surface area contributed by atoms with E-state index in [0.717, 1.165) is 21.1 Å². The Balaban J connectivity index is 1.60. The SMILES string of the molecule is Cc1ccc(S(=O)(=O)N(CC(=O)NCc2ccccc2-n2ccnc2)c2cc(Cl)cc(Cl)c2)cc1. The van der Waals surface area contributed by atoms with Crippen LogP contribution in [0.4, 0.5) is 5.69 Å². The van der Waals surface area contributed by atoms with Gasteiger partial charge in [0.25, 0.3) is 10.0 Å². The minimum absolute atomic E-state index is 0.0532. The van der Waals surface area contributed by atoms with Gasteiger partial charge in [0.1, 0.15) is 6.54 Å². The number of hydrogen-bond acceptors (Lipinski definition) is 4. The van der Waals surface area contributed by atoms with Crippen LogP contribution in [0.25, 0.3) is 5.69 Å². The maximum absolute atomic E-state index is 13.5. The van der Waals surface area contributed by atoms with Crippen LogP contribution in [0.5, 0.6) is 0 Å². The topological polar surface area (TPSA) is 84.3 Å². The zero-order valence-electron chi connectivity index (χ0n) is 18.7. The zero-order chi connectivity index (χ0) is 25.0. The first-order valence-corrected chi connectivity index (χ1v) is 12.8. The van der Waals surface area contributed by atoms with Gasteiger partial charge in [0.2, 0.25) is 5.91 Å². The van der Waals surface area contributed by atoms with Crippen molar-refractivity contribution in [1.29, 1.82) is 0 Å². The molecular formula is C25H22Cl2N4O3S. The number of anilines is 1. The molecule has 0 aliphatic rings. The Morgan fingerprint density at radius 1 is 1.03 bits per heavy atom. The summed E-state index contributed by atoms with van der Waals surface area (Å²) in [6.45, 7) is 1.60. The summed E-state index contributed by atoms with van der Waals surface area (Å²) in [5.74, 6) is -0.489. The average molecular weight is 529 g/mol. The Morgan fingerprint density at radius 2 is 1.71 bits per heavy atom. The van der Waals surface area contributed by atoms with Gasteiger partial charge in [0.15, 0.2) is 0 Å². The molecule has 0 unspecified atom stereocenters. The summed E-state index contributed by atoms with van der Waals surface area (Å²) >= 11 is 12.3. The highest BCUT2D eigenvalue weighted by atomic mass is 35.5. The van der Waals surface area contributed by atoms with E-state index in [1.165, 1.54) is 30.3 Å². The largest absolute Gasteiger partial charge is 0.350 e. The first kappa shape index (κ1) is 24.8. The molecule has 1 aromatic heterocycles. The summed E-state index contributed by atoms with van der Waals surface area (Å²) in [6, 6.07) is 18.4. The van der Waals surface area contributed by atoms with Gasteiger partial charge in [-0.25, -0.2) is 13.4 Å². The lowest BCUT2D eigenvalue weighted by molar-refractivity contribution is -0.119. The number of halogens is 2. The van der Waals surface area contributed by atoms with Crippen LogP contribution >= 0.6 is 23.2 Å². The van der Waals surface area contributed by atoms with E-state index in [0.29, 0.717) is 0 Å². The molecule has 0 saturated carbocycles. The van der Waals surface area contributed by atoms with Gasteiger partial charge in [-0.2, -0.15) is 0 Å². The number of aryl methyl sites for hydroxylation is 1. The summed E-state index contributed by atoms with van der Waals surface area (Å²) in [6.07, 6.45) is 5.14. The Labute approximate surface area is 214 Å². The number of amides is 1. The van der Waals surface area contributed by atoms with Gasteiger partial charge in [-0.15, -0.1) is 0 Å². The van der Waals surface area contributed by atoms with Crippen molar-refractivity contribution >= 4 is 44.8 Å². The van der Waals surface area contributed by atoms with Crippen molar-refractivity contribution in [2.45, 2.75) is 18.4 Å². The smallest absolute Gasteiger partial charge is 0.264 e. The molecule has 0 fully saturated rings. The molecule has 0 spiro atoms. The number of hydrogen-bond donors (Lipinski definition) is 1. The number of nitrogens with one attached hydrogen (secondary N) is 1. The molecule has 180 valence electrons. The molecule has 1 amide bonds. The molecule has 0 aliphatic heterocycles. The van der Waals surface area contributed by atoms with E-state index < -0.39 is 22.5 Å². The molecule has 10 heteroatoms. The highest BCUT2D eigenvalue weighted by Crippen LogP contribution is 2.29. The fourth-order valence-corrected chi connectivity index (χ4v) is 5.45. The first-order valence-electron chi connectivity index (χ1n) is 10.6. The van der Waals surface area contributed by atoms with E-state index in [9.17, 15) is 13.2 Å². The summed E-state index contributed by atoms with van der Waals surface area (Å²) in [7, 11) is -4.08. The van der Waals surface area contributed by atoms with Crippen molar-refractivity contribution in [2.75, 3.05) is 10.8 Å². The quantitative estimate of drug-likeness (QED) is 0.348. The number of rotatable bonds is 8. The summed E-state index contributed by atoms with van der Waals surface area (Å²) < 4.78 is 29.9. The van der Waals surface area contributed by atoms with Crippen LogP contribution in [0, 0.1) is 6.92 Å². The molecule has 3 aromatic carbocycles. The highest BCUT2D eigenvalue weighted by molar-refractivity contribution is 7.92. The average Bonchev–Trinajstić information content (AvgIpc) is 3.36. The summed E-state index contributed by atoms with van der Waals surface area (Å²) in [4.78, 5) is 17.1. The molecule has 1 heterocycles. The molecule has 0 atom stereocenters. The van der Waals surface area contributed by atoms with Crippen molar-refractivity contribution in [3.8, 4) is 5.69 Å². The van der Waals surface area contributed by atoms with E-state index in [2.05, 4.69) is 10.3 Å². The van der Waals surface area contributed by atoms with E-state index >= 15 is 0 Å². The summed E-state index contributed by atoms with van der Waals surface area (Å²) in [5.41, 5.74) is 2.81. The molecule has 4 aromatic rings. The second-order valence-electron chi connectivity index (χ2n) is 7.83. The van der Waals surface area contributed by atoms with Crippen LogP contribution in [0.15, 0.2) is 90.3 Å². The number of para-hydroxylation sites is 1. The second-order valence-corrected chi connectivity index (χ2v) is 10.6. The molecule has 0 radical (unpaired) electrons. The molecule has 35 heavy (non-hydrogen) atoms. The van der Waals surface area contributed by atoms with E-state index in [1.807, 2.05) is 35.8 Å². The van der Waals surface area contributed by atoms with Gasteiger partial charge >= 0.3 is 0 Å². The normalized spacial score (nSPS) is 11.3. The van der Waals surface area contributed by atoms with Crippen LogP contribution in [-0.2, 0) is 21.4 Å². The lowest BCUT2D eigenvalue weighted by atomic mass is 10.1. The molecular weight excluding hydrogens is 507 g/mol. The third-order valence-corrected chi connectivity index (χ3v) is 7.51. The Kier molecular flexibility index (Phi) is 7.45. The number of carbonyl (C=O) groups is 1. The van der Waals surface area contributed by atoms with Gasteiger partial charge in [-0.3, -0.25) is 9.10 Å². The number of aromatic nitrogens is 2. The zero-order valence-corrected chi connectivity index (χ0v) is 21.1. The maximum atomic E-state index is 13.5. The third kappa shape index (κ3) is 5.85. The molecule has 7 nitrogen and oxygen atoms in total. The fourth-order valence-electron chi connectivity index (χ4n) is 3.53. The number of carbonyl (C=O) groups excluding carboxylic acids is 1. The van der Waals surface area contributed by atoms with Crippen LogP contribution < -0.4 is 9.62 Å². The third-order valence-electron chi connectivity index (χ3n) is 5.28. The van der Waals surface area contributed by atoms with E-state index in [4.69, 9.17) is 23.2 Å². The van der Waals surface area contributed by atoms with Gasteiger partial charge < -0.3 is 9.88 Å². The Morgan fingerprint density at radius 3 is 2.37 bits per heavy atom. The highest BCUT2D eigenvalue weighted by Gasteiger charge is 2.28. The van der Waals surface area contributed by atoms with Crippen LogP contribution in [0.3, 0.4) is 0 Å². The van der Waals surface area contributed by atoms with Crippen molar-refractivity contribution in [3.05, 3.63) is 107 Å². The molecule has 0 saturated heterocycles. The molecule has 1 N–H and O–H groups in total. The molecule has 0 aliphatic carbocycles. The van der Waals surface area contributed by atoms with Crippen molar-refractivity contribution in [3.63, 3.8) is 0 Å². The monoisotopic (exact) mass is 528 g/mol. The van der Waals surface area contributed by atoms with Gasteiger partial charge in [0.05, 0.1) is 22.6 Å². The van der Waals surface area contributed by atoms with E-state index in [1.54, 1.807) is 30.9 Å². The van der Waals surface area contributed by atoms with Crippen LogP contribution in [0.1, 0.15) is 11.1 Å². The van der Waals surface area contributed by atoms with Gasteiger partial charge in [-0.05, 0) is 48.9 Å². The van der Waals surface area contributed by atoms with Crippen molar-refractivity contribution in [2.24, 2.45) is 0 Å². The van der Waals surface area contributed by atoms with Gasteiger partial charge in [-0.1, -0.05) is 59.1 Å². The maximum Gasteiger partial charge on any atom is 0.264 e. The minimum atomic E-state index is -4.08. The first-order chi connectivity index (χ1) is 16.7. The van der Waals surface area contributed by atoms with Crippen LogP contribution in [-0.4, -0.2) is 30.4 Å². The van der Waals surface area contributed by atoms with Crippen molar-refractivity contribution in [1.82, 2.24) is 14.9 Å². The second kappa shape index (κ2) is 10.5. The lowest BCUT2D eigenvalue weighted by Crippen LogP contribution is -2.40. The lowest BCUT2D eigenvalue weighted by Gasteiger charge is -2.24. The van der Waals surface area contributed by atoms with Crippen LogP contribution in [0.2, 0.25) is 10.0 Å². The number of nitrogens with zero attached hydrogens (tertiary/aromatic N) is 3. The Bertz CT molecular complexity index is 1420. The predicted molar refractivity (Wildman–Crippen MR) is 138 cm³/mol. The van der Waals surface area contributed by atoms with Crippen molar-refractivity contribution < 1.29 is 13.2 Å². The predicted octanol–water partition coefficient (Wildman–Crippen LogP) is 5.00. The molecule has 4 rings (SSSR count). The Hall–Kier alpha value is -3.33. The standard InChI is InChI=1S/C25H22Cl2N4O3S/c1-18-6-8-23(9-7-18)35(33,34)31(22-13-20(26)12-21(27)14-22)16-25(32)29-15-19-4-2-3-5-24(19)30-11-10-28-17-30/h2-14,17H,15-16H2,1H3,(H,29,32). The van der Waals surface area contributed by atoms with E-state index in [-0.39, 0.29) is 27.2 Å². The minimum Gasteiger partial charge on any atom is -0.350 e. The number of benzene rings is 3. The number of sulfonamides is 1.